The van der Waals surface area contributed by atoms with Crippen LogP contribution in [0.4, 0.5) is 0 Å². The van der Waals surface area contributed by atoms with Crippen molar-refractivity contribution in [1.82, 2.24) is 5.32 Å². The largest absolute Gasteiger partial charge is 0.374 e. The molecule has 0 spiro atoms. The van der Waals surface area contributed by atoms with Crippen LogP contribution in [0, 0.1) is 5.41 Å². The lowest BCUT2D eigenvalue weighted by atomic mass is 9.79. The van der Waals surface area contributed by atoms with E-state index in [9.17, 15) is 4.79 Å². The van der Waals surface area contributed by atoms with Gasteiger partial charge in [0.2, 0.25) is 5.91 Å². The van der Waals surface area contributed by atoms with Gasteiger partial charge in [-0.25, -0.2) is 0 Å². The minimum Gasteiger partial charge on any atom is -0.374 e. The molecule has 3 N–H and O–H groups in total. The summed E-state index contributed by atoms with van der Waals surface area (Å²) in [5.41, 5.74) is 5.25. The number of nitrogens with two attached hydrogens (primary N) is 1. The van der Waals surface area contributed by atoms with Crippen LogP contribution in [0.5, 0.6) is 0 Å². The molecule has 1 saturated carbocycles. The van der Waals surface area contributed by atoms with Crippen LogP contribution in [-0.4, -0.2) is 31.2 Å². The molecule has 0 aromatic heterocycles. The van der Waals surface area contributed by atoms with E-state index in [2.05, 4.69) is 5.32 Å². The summed E-state index contributed by atoms with van der Waals surface area (Å²) in [4.78, 5) is 12.5. The van der Waals surface area contributed by atoms with Crippen molar-refractivity contribution >= 4 is 5.91 Å². The van der Waals surface area contributed by atoms with Gasteiger partial charge in [0.1, 0.15) is 0 Å². The Morgan fingerprint density at radius 3 is 2.32 bits per heavy atom. The maximum absolute atomic E-state index is 12.5. The van der Waals surface area contributed by atoms with Crippen LogP contribution in [0.2, 0.25) is 0 Å². The Labute approximate surface area is 117 Å². The zero-order chi connectivity index (χ0) is 14.4. The van der Waals surface area contributed by atoms with Crippen molar-refractivity contribution in [1.29, 1.82) is 0 Å². The van der Waals surface area contributed by atoms with E-state index < -0.39 is 0 Å². The van der Waals surface area contributed by atoms with E-state index >= 15 is 0 Å². The number of carbonyl (C=O) groups excluding carboxylic acids is 1. The molecule has 0 heterocycles. The first kappa shape index (κ1) is 16.4. The van der Waals surface area contributed by atoms with Crippen molar-refractivity contribution in [3.63, 3.8) is 0 Å². The Morgan fingerprint density at radius 2 is 1.84 bits per heavy atom. The van der Waals surface area contributed by atoms with Gasteiger partial charge in [-0.3, -0.25) is 4.79 Å². The first-order valence-corrected chi connectivity index (χ1v) is 7.58. The van der Waals surface area contributed by atoms with Gasteiger partial charge in [-0.05, 0) is 33.6 Å². The maximum Gasteiger partial charge on any atom is 0.227 e. The highest BCUT2D eigenvalue weighted by atomic mass is 16.5. The zero-order valence-electron chi connectivity index (χ0n) is 12.8. The third-order valence-electron chi connectivity index (χ3n) is 4.14. The number of ether oxygens (including phenoxy) is 1. The van der Waals surface area contributed by atoms with Crippen molar-refractivity contribution in [2.75, 3.05) is 19.7 Å². The molecular formula is C15H30N2O2. The van der Waals surface area contributed by atoms with Crippen LogP contribution >= 0.6 is 0 Å². The van der Waals surface area contributed by atoms with Crippen molar-refractivity contribution in [3.8, 4) is 0 Å². The molecule has 1 rings (SSSR count). The minimum atomic E-state index is -0.348. The average Bonchev–Trinajstić information content (AvgIpc) is 2.62. The summed E-state index contributed by atoms with van der Waals surface area (Å²) < 4.78 is 5.61. The molecule has 1 aliphatic carbocycles. The molecule has 1 aliphatic rings. The number of rotatable bonds is 6. The average molecular weight is 270 g/mol. The SMILES string of the molecule is CCOC(C)(C)CNC(=O)C1(CN)CCCCCC1. The molecule has 0 saturated heterocycles. The highest BCUT2D eigenvalue weighted by molar-refractivity contribution is 5.83. The fourth-order valence-electron chi connectivity index (χ4n) is 2.85. The summed E-state index contributed by atoms with van der Waals surface area (Å²) in [5.74, 6) is 0.115. The van der Waals surface area contributed by atoms with Gasteiger partial charge >= 0.3 is 0 Å². The van der Waals surface area contributed by atoms with E-state index in [-0.39, 0.29) is 16.9 Å². The molecule has 4 heteroatoms. The number of hydrogen-bond acceptors (Lipinski definition) is 3. The Morgan fingerprint density at radius 1 is 1.26 bits per heavy atom. The molecule has 0 aromatic rings. The predicted molar refractivity (Wildman–Crippen MR) is 77.9 cm³/mol. The molecule has 112 valence electrons. The summed E-state index contributed by atoms with van der Waals surface area (Å²) in [5, 5.41) is 3.05. The lowest BCUT2D eigenvalue weighted by Crippen LogP contribution is -2.50. The zero-order valence-corrected chi connectivity index (χ0v) is 12.8. The minimum absolute atomic E-state index is 0.115. The van der Waals surface area contributed by atoms with Crippen molar-refractivity contribution < 1.29 is 9.53 Å². The molecule has 4 nitrogen and oxygen atoms in total. The molecule has 1 fully saturated rings. The van der Waals surface area contributed by atoms with Crippen LogP contribution in [-0.2, 0) is 9.53 Å². The maximum atomic E-state index is 12.5. The smallest absolute Gasteiger partial charge is 0.227 e. The van der Waals surface area contributed by atoms with E-state index in [1.165, 1.54) is 12.8 Å². The second kappa shape index (κ2) is 7.25. The second-order valence-corrected chi connectivity index (χ2v) is 6.27. The normalized spacial score (nSPS) is 19.8. The summed E-state index contributed by atoms with van der Waals surface area (Å²) in [6.45, 7) is 7.62. The monoisotopic (exact) mass is 270 g/mol. The highest BCUT2D eigenvalue weighted by Crippen LogP contribution is 2.34. The lowest BCUT2D eigenvalue weighted by molar-refractivity contribution is -0.133. The predicted octanol–water partition coefficient (Wildman–Crippen LogP) is 2.22. The Balaban J connectivity index is 2.58. The van der Waals surface area contributed by atoms with E-state index in [0.29, 0.717) is 19.7 Å². The highest BCUT2D eigenvalue weighted by Gasteiger charge is 2.37. The molecule has 0 atom stereocenters. The Kier molecular flexibility index (Phi) is 6.27. The first-order valence-electron chi connectivity index (χ1n) is 7.58. The van der Waals surface area contributed by atoms with Crippen LogP contribution < -0.4 is 11.1 Å². The second-order valence-electron chi connectivity index (χ2n) is 6.27. The van der Waals surface area contributed by atoms with Crippen molar-refractivity contribution in [2.45, 2.75) is 64.9 Å². The lowest BCUT2D eigenvalue weighted by Gasteiger charge is -2.32. The summed E-state index contributed by atoms with van der Waals surface area (Å²) in [6.07, 6.45) is 6.51. The number of carbonyl (C=O) groups is 1. The fraction of sp³-hybridized carbons (Fsp3) is 0.933. The van der Waals surface area contributed by atoms with Gasteiger partial charge in [0.15, 0.2) is 0 Å². The number of nitrogens with one attached hydrogen (secondary N) is 1. The third-order valence-corrected chi connectivity index (χ3v) is 4.14. The molecule has 0 radical (unpaired) electrons. The van der Waals surface area contributed by atoms with Crippen LogP contribution in [0.3, 0.4) is 0 Å². The van der Waals surface area contributed by atoms with Crippen molar-refractivity contribution in [3.05, 3.63) is 0 Å². The van der Waals surface area contributed by atoms with E-state index in [1.807, 2.05) is 20.8 Å². The van der Waals surface area contributed by atoms with Gasteiger partial charge in [0.25, 0.3) is 0 Å². The molecule has 0 bridgehead atoms. The summed E-state index contributed by atoms with van der Waals surface area (Å²) in [7, 11) is 0. The van der Waals surface area contributed by atoms with Crippen LogP contribution in [0.1, 0.15) is 59.3 Å². The van der Waals surface area contributed by atoms with E-state index in [0.717, 1.165) is 25.7 Å². The van der Waals surface area contributed by atoms with Gasteiger partial charge in [0.05, 0.1) is 11.0 Å². The topological polar surface area (TPSA) is 64.3 Å². The first-order chi connectivity index (χ1) is 8.96. The van der Waals surface area contributed by atoms with Gasteiger partial charge < -0.3 is 15.8 Å². The fourth-order valence-corrected chi connectivity index (χ4v) is 2.85. The van der Waals surface area contributed by atoms with Gasteiger partial charge in [-0.1, -0.05) is 25.7 Å². The van der Waals surface area contributed by atoms with E-state index in [4.69, 9.17) is 10.5 Å². The number of hydrogen-bond donors (Lipinski definition) is 2. The Bertz CT molecular complexity index is 282. The van der Waals surface area contributed by atoms with Crippen LogP contribution in [0.15, 0.2) is 0 Å². The summed E-state index contributed by atoms with van der Waals surface area (Å²) in [6, 6.07) is 0. The van der Waals surface area contributed by atoms with Gasteiger partial charge in [0, 0.05) is 19.7 Å². The molecular weight excluding hydrogens is 240 g/mol. The quantitative estimate of drug-likeness (QED) is 0.727. The molecule has 0 unspecified atom stereocenters. The molecule has 0 aliphatic heterocycles. The van der Waals surface area contributed by atoms with Crippen molar-refractivity contribution in [2.24, 2.45) is 11.1 Å². The number of amides is 1. The Hall–Kier alpha value is -0.610. The van der Waals surface area contributed by atoms with Gasteiger partial charge in [-0.2, -0.15) is 0 Å². The van der Waals surface area contributed by atoms with E-state index in [1.54, 1.807) is 0 Å². The summed E-state index contributed by atoms with van der Waals surface area (Å²) >= 11 is 0. The third kappa shape index (κ3) is 4.77. The van der Waals surface area contributed by atoms with Gasteiger partial charge in [-0.15, -0.1) is 0 Å². The molecule has 1 amide bonds. The standard InChI is InChI=1S/C15H30N2O2/c1-4-19-14(2,3)12-17-13(18)15(11-16)9-7-5-6-8-10-15/h4-12,16H2,1-3H3,(H,17,18). The van der Waals surface area contributed by atoms with Crippen LogP contribution in [0.25, 0.3) is 0 Å². The molecule has 0 aromatic carbocycles. The molecule has 19 heavy (non-hydrogen) atoms.